The molecule has 1 aliphatic rings. The largest absolute Gasteiger partial charge is 0.491 e. The van der Waals surface area contributed by atoms with E-state index in [-0.39, 0.29) is 6.04 Å². The number of nitrogens with zero attached hydrogens (tertiary/aromatic N) is 2. The molecule has 0 aliphatic carbocycles. The van der Waals surface area contributed by atoms with E-state index in [1.54, 1.807) is 0 Å². The van der Waals surface area contributed by atoms with E-state index in [9.17, 15) is 5.11 Å². The van der Waals surface area contributed by atoms with Crippen LogP contribution in [0.4, 0.5) is 0 Å². The van der Waals surface area contributed by atoms with Crippen molar-refractivity contribution in [2.75, 3.05) is 6.61 Å². The third-order valence-electron chi connectivity index (χ3n) is 3.20. The molecule has 0 amide bonds. The monoisotopic (exact) mass is 247 g/mol. The fourth-order valence-corrected chi connectivity index (χ4v) is 2.46. The van der Waals surface area contributed by atoms with Gasteiger partial charge in [-0.2, -0.15) is 5.10 Å². The quantitative estimate of drug-likeness (QED) is 0.818. The molecule has 1 unspecified atom stereocenters. The molecule has 0 spiro atoms. The number of benzene rings is 1. The van der Waals surface area contributed by atoms with E-state index in [0.717, 1.165) is 22.2 Å². The van der Waals surface area contributed by atoms with Crippen molar-refractivity contribution in [3.8, 4) is 5.75 Å². The molecule has 1 aromatic heterocycles. The van der Waals surface area contributed by atoms with Gasteiger partial charge in [0, 0.05) is 23.4 Å². The summed E-state index contributed by atoms with van der Waals surface area (Å²) in [4.78, 5) is 0. The number of hydrogen-bond acceptors (Lipinski definition) is 4. The van der Waals surface area contributed by atoms with E-state index >= 15 is 0 Å². The number of fused-ring (bicyclic) bond motifs is 3. The van der Waals surface area contributed by atoms with Gasteiger partial charge in [-0.25, -0.2) is 0 Å². The van der Waals surface area contributed by atoms with E-state index in [1.165, 1.54) is 0 Å². The van der Waals surface area contributed by atoms with Gasteiger partial charge >= 0.3 is 0 Å². The van der Waals surface area contributed by atoms with Gasteiger partial charge in [0.05, 0.1) is 24.4 Å². The molecular weight excluding hydrogens is 230 g/mol. The van der Waals surface area contributed by atoms with Crippen LogP contribution in [-0.4, -0.2) is 33.6 Å². The second-order valence-electron chi connectivity index (χ2n) is 4.95. The molecule has 2 heterocycles. The Bertz CT molecular complexity index is 577. The number of aliphatic hydroxyl groups is 1. The summed E-state index contributed by atoms with van der Waals surface area (Å²) >= 11 is 0. The number of aliphatic hydroxyl groups excluding tert-OH is 1. The standard InChI is InChI=1S/C13H17N3O2/c1-8(14)6-16-13-9(5-15-16)2-3-12-11(13)4-10(17)7-18-12/h2-3,5,8,10,17H,4,6-7,14H2,1H3/t8?,10-/m0/s1. The Balaban J connectivity index is 2.16. The van der Waals surface area contributed by atoms with E-state index in [1.807, 2.05) is 29.9 Å². The highest BCUT2D eigenvalue weighted by molar-refractivity contribution is 5.84. The van der Waals surface area contributed by atoms with Crippen molar-refractivity contribution >= 4 is 10.9 Å². The van der Waals surface area contributed by atoms with Crippen LogP contribution in [0.15, 0.2) is 18.3 Å². The van der Waals surface area contributed by atoms with E-state index in [2.05, 4.69) is 5.10 Å². The van der Waals surface area contributed by atoms with Crippen molar-refractivity contribution in [3.05, 3.63) is 23.9 Å². The maximum Gasteiger partial charge on any atom is 0.124 e. The molecular formula is C13H17N3O2. The van der Waals surface area contributed by atoms with Gasteiger partial charge in [0.2, 0.25) is 0 Å². The summed E-state index contributed by atoms with van der Waals surface area (Å²) < 4.78 is 7.45. The van der Waals surface area contributed by atoms with Gasteiger partial charge in [-0.05, 0) is 19.1 Å². The van der Waals surface area contributed by atoms with Crippen LogP contribution in [0.3, 0.4) is 0 Å². The smallest absolute Gasteiger partial charge is 0.124 e. The maximum absolute atomic E-state index is 9.75. The van der Waals surface area contributed by atoms with Crippen LogP contribution >= 0.6 is 0 Å². The van der Waals surface area contributed by atoms with Crippen LogP contribution in [0, 0.1) is 0 Å². The summed E-state index contributed by atoms with van der Waals surface area (Å²) in [5.74, 6) is 0.847. The highest BCUT2D eigenvalue weighted by atomic mass is 16.5. The van der Waals surface area contributed by atoms with Gasteiger partial charge in [0.15, 0.2) is 0 Å². The molecule has 3 rings (SSSR count). The Hall–Kier alpha value is -1.59. The van der Waals surface area contributed by atoms with Gasteiger partial charge in [-0.3, -0.25) is 4.68 Å². The van der Waals surface area contributed by atoms with Gasteiger partial charge in [-0.1, -0.05) is 0 Å². The molecule has 0 saturated carbocycles. The molecule has 0 saturated heterocycles. The predicted molar refractivity (Wildman–Crippen MR) is 68.6 cm³/mol. The Labute approximate surface area is 105 Å². The number of nitrogens with two attached hydrogens (primary N) is 1. The van der Waals surface area contributed by atoms with Gasteiger partial charge in [-0.15, -0.1) is 0 Å². The Morgan fingerprint density at radius 2 is 2.44 bits per heavy atom. The minimum absolute atomic E-state index is 0.0402. The molecule has 0 radical (unpaired) electrons. The van der Waals surface area contributed by atoms with Crippen LogP contribution in [0.25, 0.3) is 10.9 Å². The first kappa shape index (κ1) is 11.5. The molecule has 96 valence electrons. The average Bonchev–Trinajstić information content (AvgIpc) is 2.72. The molecule has 5 heteroatoms. The lowest BCUT2D eigenvalue weighted by Gasteiger charge is -2.23. The first-order valence-electron chi connectivity index (χ1n) is 6.19. The predicted octanol–water partition coefficient (Wildman–Crippen LogP) is 0.679. The molecule has 5 nitrogen and oxygen atoms in total. The molecule has 3 N–H and O–H groups in total. The SMILES string of the molecule is CC(N)Cn1ncc2ccc3c(c21)C[C@H](O)CO3. The zero-order chi connectivity index (χ0) is 12.7. The second-order valence-corrected chi connectivity index (χ2v) is 4.95. The van der Waals surface area contributed by atoms with E-state index < -0.39 is 6.10 Å². The minimum atomic E-state index is -0.443. The zero-order valence-electron chi connectivity index (χ0n) is 10.3. The lowest BCUT2D eigenvalue weighted by atomic mass is 10.0. The van der Waals surface area contributed by atoms with Crippen molar-refractivity contribution in [3.63, 3.8) is 0 Å². The molecule has 1 aromatic carbocycles. The highest BCUT2D eigenvalue weighted by Crippen LogP contribution is 2.32. The first-order valence-corrected chi connectivity index (χ1v) is 6.19. The van der Waals surface area contributed by atoms with Crippen molar-refractivity contribution in [1.29, 1.82) is 0 Å². The maximum atomic E-state index is 9.75. The molecule has 18 heavy (non-hydrogen) atoms. The third kappa shape index (κ3) is 1.85. The highest BCUT2D eigenvalue weighted by Gasteiger charge is 2.22. The first-order chi connectivity index (χ1) is 8.65. The lowest BCUT2D eigenvalue weighted by Crippen LogP contribution is -2.27. The number of rotatable bonds is 2. The molecule has 2 aromatic rings. The number of ether oxygens (including phenoxy) is 1. The van der Waals surface area contributed by atoms with Crippen LogP contribution in [0.1, 0.15) is 12.5 Å². The summed E-state index contributed by atoms with van der Waals surface area (Å²) in [5.41, 5.74) is 7.90. The van der Waals surface area contributed by atoms with Crippen molar-refractivity contribution in [1.82, 2.24) is 9.78 Å². The van der Waals surface area contributed by atoms with Crippen LogP contribution < -0.4 is 10.5 Å². The second kappa shape index (κ2) is 4.26. The fourth-order valence-electron chi connectivity index (χ4n) is 2.46. The third-order valence-corrected chi connectivity index (χ3v) is 3.20. The minimum Gasteiger partial charge on any atom is -0.491 e. The van der Waals surface area contributed by atoms with Crippen molar-refractivity contribution in [2.45, 2.75) is 32.0 Å². The number of hydrogen-bond donors (Lipinski definition) is 2. The zero-order valence-corrected chi connectivity index (χ0v) is 10.3. The van der Waals surface area contributed by atoms with Gasteiger partial charge in [0.1, 0.15) is 12.4 Å². The lowest BCUT2D eigenvalue weighted by molar-refractivity contribution is 0.0926. The summed E-state index contributed by atoms with van der Waals surface area (Å²) in [6.07, 6.45) is 2.00. The summed E-state index contributed by atoms with van der Waals surface area (Å²) in [6, 6.07) is 3.98. The molecule has 0 fully saturated rings. The van der Waals surface area contributed by atoms with Crippen LogP contribution in [0.2, 0.25) is 0 Å². The normalized spacial score (nSPS) is 20.5. The summed E-state index contributed by atoms with van der Waals surface area (Å²) in [5, 5.41) is 15.2. The Kier molecular flexibility index (Phi) is 2.72. The Morgan fingerprint density at radius 1 is 1.61 bits per heavy atom. The van der Waals surface area contributed by atoms with Gasteiger partial charge < -0.3 is 15.6 Å². The van der Waals surface area contributed by atoms with Crippen molar-refractivity contribution < 1.29 is 9.84 Å². The van der Waals surface area contributed by atoms with Crippen molar-refractivity contribution in [2.24, 2.45) is 5.73 Å². The van der Waals surface area contributed by atoms with Crippen LogP contribution in [-0.2, 0) is 13.0 Å². The number of aromatic nitrogens is 2. The summed E-state index contributed by atoms with van der Waals surface area (Å²) in [6.45, 7) is 2.98. The van der Waals surface area contributed by atoms with Crippen LogP contribution in [0.5, 0.6) is 5.75 Å². The van der Waals surface area contributed by atoms with Gasteiger partial charge in [0.25, 0.3) is 0 Å². The summed E-state index contributed by atoms with van der Waals surface area (Å²) in [7, 11) is 0. The molecule has 1 aliphatic heterocycles. The molecule has 0 bridgehead atoms. The fraction of sp³-hybridized carbons (Fsp3) is 0.462. The average molecular weight is 247 g/mol. The Morgan fingerprint density at radius 3 is 3.22 bits per heavy atom. The molecule has 2 atom stereocenters. The van der Waals surface area contributed by atoms with E-state index in [0.29, 0.717) is 19.6 Å². The van der Waals surface area contributed by atoms with E-state index in [4.69, 9.17) is 10.5 Å². The topological polar surface area (TPSA) is 73.3 Å².